The molecule has 1 fully saturated rings. The van der Waals surface area contributed by atoms with E-state index in [0.717, 1.165) is 41.8 Å². The minimum atomic E-state index is -0.332. The van der Waals surface area contributed by atoms with Gasteiger partial charge in [-0.25, -0.2) is 9.78 Å². The van der Waals surface area contributed by atoms with Crippen LogP contribution in [0, 0.1) is 0 Å². The fraction of sp³-hybridized carbons (Fsp3) is 0.333. The lowest BCUT2D eigenvalue weighted by Crippen LogP contribution is -2.52. The Labute approximate surface area is 161 Å². The molecule has 4 heterocycles. The molecule has 1 saturated heterocycles. The second kappa shape index (κ2) is 6.23. The molecule has 5 rings (SSSR count). The topological polar surface area (TPSA) is 68.5 Å². The summed E-state index contributed by atoms with van der Waals surface area (Å²) in [5.74, 6) is 0.974. The number of carbonyl (C=O) groups is 1. The number of aryl methyl sites for hydroxylation is 1. The van der Waals surface area contributed by atoms with Crippen LogP contribution in [-0.4, -0.2) is 34.6 Å². The predicted octanol–water partition coefficient (Wildman–Crippen LogP) is 4.20. The van der Waals surface area contributed by atoms with Gasteiger partial charge in [-0.2, -0.15) is 0 Å². The number of hydrogen-bond acceptors (Lipinski definition) is 4. The Morgan fingerprint density at radius 1 is 1.15 bits per heavy atom. The van der Waals surface area contributed by atoms with Crippen LogP contribution in [0.15, 0.2) is 41.9 Å². The number of aromatic nitrogens is 1. The van der Waals surface area contributed by atoms with E-state index in [2.05, 4.69) is 40.7 Å². The maximum absolute atomic E-state index is 11.4. The Morgan fingerprint density at radius 3 is 2.81 bits per heavy atom. The highest BCUT2D eigenvalue weighted by Crippen LogP contribution is 2.41. The third-order valence-corrected chi connectivity index (χ3v) is 6.70. The SMILES string of the molecule is NC(=O)N1CCC2(CCc3cc(-c4cnc5sccc5c4)ccc3O2)CC1. The van der Waals surface area contributed by atoms with Gasteiger partial charge in [-0.05, 0) is 53.6 Å². The number of pyridine rings is 1. The van der Waals surface area contributed by atoms with Gasteiger partial charge in [0.1, 0.15) is 16.2 Å². The molecule has 6 heteroatoms. The standard InChI is InChI=1S/C21H21N3O2S/c22-20(25)24-8-6-21(7-9-24)5-3-15-11-14(1-2-18(15)26-21)17-12-16-4-10-27-19(16)23-13-17/h1-2,4,10-13H,3,5-9H2,(H2,22,25). The van der Waals surface area contributed by atoms with Crippen LogP contribution in [0.4, 0.5) is 4.79 Å². The molecule has 2 aromatic heterocycles. The molecule has 0 radical (unpaired) electrons. The van der Waals surface area contributed by atoms with Crippen molar-refractivity contribution in [1.82, 2.24) is 9.88 Å². The normalized spacial score (nSPS) is 18.3. The summed E-state index contributed by atoms with van der Waals surface area (Å²) in [6.45, 7) is 1.35. The fourth-order valence-electron chi connectivity index (χ4n) is 4.20. The summed E-state index contributed by atoms with van der Waals surface area (Å²) in [6.07, 6.45) is 5.61. The molecule has 0 unspecified atom stereocenters. The number of rotatable bonds is 1. The summed E-state index contributed by atoms with van der Waals surface area (Å²) < 4.78 is 6.44. The number of nitrogens with zero attached hydrogens (tertiary/aromatic N) is 2. The molecule has 138 valence electrons. The summed E-state index contributed by atoms with van der Waals surface area (Å²) in [6, 6.07) is 10.4. The van der Waals surface area contributed by atoms with Gasteiger partial charge >= 0.3 is 6.03 Å². The monoisotopic (exact) mass is 379 g/mol. The number of primary amides is 1. The quantitative estimate of drug-likeness (QED) is 0.689. The van der Waals surface area contributed by atoms with Crippen LogP contribution in [0.25, 0.3) is 21.3 Å². The average molecular weight is 379 g/mol. The van der Waals surface area contributed by atoms with E-state index in [1.54, 1.807) is 16.2 Å². The smallest absolute Gasteiger partial charge is 0.314 e. The third-order valence-electron chi connectivity index (χ3n) is 5.86. The Kier molecular flexibility index (Phi) is 3.82. The Balaban J connectivity index is 1.39. The van der Waals surface area contributed by atoms with Crippen molar-refractivity contribution in [3.05, 3.63) is 47.5 Å². The Bertz CT molecular complexity index is 1020. The fourth-order valence-corrected chi connectivity index (χ4v) is 4.92. The Morgan fingerprint density at radius 2 is 2.00 bits per heavy atom. The van der Waals surface area contributed by atoms with Crippen molar-refractivity contribution in [2.45, 2.75) is 31.3 Å². The molecular formula is C21H21N3O2S. The van der Waals surface area contributed by atoms with Crippen molar-refractivity contribution in [2.24, 2.45) is 5.73 Å². The number of nitrogens with two attached hydrogens (primary N) is 1. The molecule has 0 aliphatic carbocycles. The van der Waals surface area contributed by atoms with Crippen LogP contribution in [0.5, 0.6) is 5.75 Å². The van der Waals surface area contributed by atoms with E-state index in [0.29, 0.717) is 13.1 Å². The molecule has 2 aliphatic heterocycles. The first-order chi connectivity index (χ1) is 13.1. The second-order valence-corrected chi connectivity index (χ2v) is 8.37. The lowest BCUT2D eigenvalue weighted by Gasteiger charge is -2.44. The molecule has 2 N–H and O–H groups in total. The number of urea groups is 1. The van der Waals surface area contributed by atoms with Crippen molar-refractivity contribution in [2.75, 3.05) is 13.1 Å². The van der Waals surface area contributed by atoms with Gasteiger partial charge in [-0.1, -0.05) is 6.07 Å². The van der Waals surface area contributed by atoms with E-state index >= 15 is 0 Å². The summed E-state index contributed by atoms with van der Waals surface area (Å²) in [5, 5.41) is 3.26. The molecule has 0 saturated carbocycles. The van der Waals surface area contributed by atoms with Crippen LogP contribution in [-0.2, 0) is 6.42 Å². The molecule has 5 nitrogen and oxygen atoms in total. The molecule has 1 aromatic carbocycles. The summed E-state index contributed by atoms with van der Waals surface area (Å²) >= 11 is 1.66. The lowest BCUT2D eigenvalue weighted by molar-refractivity contribution is -0.00471. The van der Waals surface area contributed by atoms with E-state index < -0.39 is 0 Å². The first kappa shape index (κ1) is 16.6. The number of likely N-dealkylation sites (tertiary alicyclic amines) is 1. The van der Waals surface area contributed by atoms with Gasteiger partial charge in [-0.15, -0.1) is 11.3 Å². The number of carbonyl (C=O) groups excluding carboxylic acids is 1. The van der Waals surface area contributed by atoms with E-state index in [1.807, 2.05) is 6.20 Å². The van der Waals surface area contributed by atoms with Gasteiger partial charge in [-0.3, -0.25) is 0 Å². The predicted molar refractivity (Wildman–Crippen MR) is 107 cm³/mol. The summed E-state index contributed by atoms with van der Waals surface area (Å²) in [5.41, 5.74) is 8.81. The Hall–Kier alpha value is -2.60. The zero-order valence-corrected chi connectivity index (χ0v) is 15.8. The highest BCUT2D eigenvalue weighted by molar-refractivity contribution is 7.16. The zero-order valence-electron chi connectivity index (χ0n) is 15.0. The highest BCUT2D eigenvalue weighted by atomic mass is 32.1. The number of hydrogen-bond donors (Lipinski definition) is 1. The van der Waals surface area contributed by atoms with Crippen LogP contribution in [0.3, 0.4) is 0 Å². The summed E-state index contributed by atoms with van der Waals surface area (Å²) in [7, 11) is 0. The first-order valence-corrected chi connectivity index (χ1v) is 10.2. The molecule has 3 aromatic rings. The summed E-state index contributed by atoms with van der Waals surface area (Å²) in [4.78, 5) is 18.7. The van der Waals surface area contributed by atoms with E-state index in [4.69, 9.17) is 10.5 Å². The number of ether oxygens (including phenoxy) is 1. The van der Waals surface area contributed by atoms with Gasteiger partial charge in [0.05, 0.1) is 0 Å². The second-order valence-electron chi connectivity index (χ2n) is 7.47. The maximum Gasteiger partial charge on any atom is 0.314 e. The number of benzene rings is 1. The molecule has 2 amide bonds. The van der Waals surface area contributed by atoms with Crippen LogP contribution in [0.1, 0.15) is 24.8 Å². The maximum atomic E-state index is 11.4. The van der Waals surface area contributed by atoms with Crippen LogP contribution >= 0.6 is 11.3 Å². The minimum Gasteiger partial charge on any atom is -0.487 e. The number of piperidine rings is 1. The van der Waals surface area contributed by atoms with Crippen molar-refractivity contribution in [1.29, 1.82) is 0 Å². The highest BCUT2D eigenvalue weighted by Gasteiger charge is 2.40. The number of fused-ring (bicyclic) bond motifs is 2. The van der Waals surface area contributed by atoms with Crippen LogP contribution in [0.2, 0.25) is 0 Å². The molecular weight excluding hydrogens is 358 g/mol. The van der Waals surface area contributed by atoms with Crippen LogP contribution < -0.4 is 10.5 Å². The van der Waals surface area contributed by atoms with Gasteiger partial charge < -0.3 is 15.4 Å². The average Bonchev–Trinajstić information content (AvgIpc) is 3.16. The molecule has 0 atom stereocenters. The zero-order chi connectivity index (χ0) is 18.4. The molecule has 2 aliphatic rings. The van der Waals surface area contributed by atoms with E-state index in [-0.39, 0.29) is 11.6 Å². The third kappa shape index (κ3) is 2.94. The number of thiophene rings is 1. The lowest BCUT2D eigenvalue weighted by atomic mass is 9.82. The molecule has 1 spiro atoms. The van der Waals surface area contributed by atoms with Crippen molar-refractivity contribution in [3.63, 3.8) is 0 Å². The van der Waals surface area contributed by atoms with Gasteiger partial charge in [0, 0.05) is 43.1 Å². The van der Waals surface area contributed by atoms with Gasteiger partial charge in [0.15, 0.2) is 0 Å². The molecule has 27 heavy (non-hydrogen) atoms. The van der Waals surface area contributed by atoms with Crippen molar-refractivity contribution >= 4 is 27.6 Å². The van der Waals surface area contributed by atoms with Gasteiger partial charge in [0.2, 0.25) is 0 Å². The van der Waals surface area contributed by atoms with Crippen molar-refractivity contribution in [3.8, 4) is 16.9 Å². The number of amides is 2. The van der Waals surface area contributed by atoms with E-state index in [1.165, 1.54) is 16.5 Å². The minimum absolute atomic E-state index is 0.155. The first-order valence-electron chi connectivity index (χ1n) is 9.32. The van der Waals surface area contributed by atoms with E-state index in [9.17, 15) is 4.79 Å². The van der Waals surface area contributed by atoms with Gasteiger partial charge in [0.25, 0.3) is 0 Å². The molecule has 0 bridgehead atoms. The largest absolute Gasteiger partial charge is 0.487 e. The van der Waals surface area contributed by atoms with Crippen molar-refractivity contribution < 1.29 is 9.53 Å².